The predicted molar refractivity (Wildman–Crippen MR) is 105 cm³/mol. The van der Waals surface area contributed by atoms with Gasteiger partial charge in [-0.15, -0.1) is 22.7 Å². The van der Waals surface area contributed by atoms with Gasteiger partial charge in [-0.2, -0.15) is 5.26 Å². The van der Waals surface area contributed by atoms with E-state index in [0.29, 0.717) is 17.0 Å². The molecule has 5 heterocycles. The lowest BCUT2D eigenvalue weighted by molar-refractivity contribution is 0.632. The average Bonchev–Trinajstić information content (AvgIpc) is 3.39. The van der Waals surface area contributed by atoms with Crippen LogP contribution >= 0.6 is 22.7 Å². The van der Waals surface area contributed by atoms with Crippen molar-refractivity contribution in [2.45, 2.75) is 0 Å². The maximum absolute atomic E-state index is 9.35. The normalized spacial score (nSPS) is 11.2. The van der Waals surface area contributed by atoms with Gasteiger partial charge >= 0.3 is 0 Å². The van der Waals surface area contributed by atoms with Gasteiger partial charge in [-0.1, -0.05) is 0 Å². The molecule has 26 heavy (non-hydrogen) atoms. The standard InChI is InChI=1S/C19H10N4OS2/c20-6-10-2-4-25-18(10)13-7-23-19(21)17-12(13)5-15(24-17)14-9-26-16-8-22-3-1-11(14)16/h1-5,7-9H,(H2,21,23). The Bertz CT molecular complexity index is 1320. The number of nitriles is 1. The lowest BCUT2D eigenvalue weighted by Gasteiger charge is -2.01. The van der Waals surface area contributed by atoms with Gasteiger partial charge in [-0.25, -0.2) is 4.98 Å². The van der Waals surface area contributed by atoms with Gasteiger partial charge in [-0.3, -0.25) is 4.98 Å². The number of fused-ring (bicyclic) bond motifs is 2. The third-order valence-electron chi connectivity index (χ3n) is 4.26. The van der Waals surface area contributed by atoms with Crippen molar-refractivity contribution in [3.05, 3.63) is 53.1 Å². The smallest absolute Gasteiger partial charge is 0.177 e. The van der Waals surface area contributed by atoms with Gasteiger partial charge in [0, 0.05) is 45.9 Å². The Balaban J connectivity index is 1.79. The zero-order valence-electron chi connectivity index (χ0n) is 13.3. The second-order valence-electron chi connectivity index (χ2n) is 5.71. The van der Waals surface area contributed by atoms with Gasteiger partial charge in [0.05, 0.1) is 15.1 Å². The van der Waals surface area contributed by atoms with E-state index in [-0.39, 0.29) is 0 Å². The molecule has 0 radical (unpaired) electrons. The molecule has 5 aromatic rings. The topological polar surface area (TPSA) is 88.7 Å². The molecule has 0 saturated heterocycles. The third kappa shape index (κ3) is 2.13. The summed E-state index contributed by atoms with van der Waals surface area (Å²) in [5.41, 5.74) is 9.08. The second-order valence-corrected chi connectivity index (χ2v) is 7.53. The number of nitrogen functional groups attached to an aromatic ring is 1. The van der Waals surface area contributed by atoms with Crippen LogP contribution in [0.3, 0.4) is 0 Å². The highest BCUT2D eigenvalue weighted by Crippen LogP contribution is 2.41. The van der Waals surface area contributed by atoms with Crippen LogP contribution in [0.1, 0.15) is 5.56 Å². The molecule has 124 valence electrons. The molecule has 0 amide bonds. The number of hydrogen-bond acceptors (Lipinski definition) is 7. The van der Waals surface area contributed by atoms with E-state index in [4.69, 9.17) is 10.2 Å². The lowest BCUT2D eigenvalue weighted by Crippen LogP contribution is -1.91. The first-order valence-corrected chi connectivity index (χ1v) is 9.50. The number of thiophene rings is 2. The summed E-state index contributed by atoms with van der Waals surface area (Å²) in [6.45, 7) is 0. The highest BCUT2D eigenvalue weighted by molar-refractivity contribution is 7.17. The zero-order valence-corrected chi connectivity index (χ0v) is 14.9. The predicted octanol–water partition coefficient (Wildman–Crippen LogP) is 5.29. The molecule has 0 spiro atoms. The van der Waals surface area contributed by atoms with Crippen molar-refractivity contribution in [2.24, 2.45) is 0 Å². The quantitative estimate of drug-likeness (QED) is 0.454. The molecule has 0 aliphatic carbocycles. The number of furan rings is 1. The van der Waals surface area contributed by atoms with Gasteiger partial charge in [0.15, 0.2) is 11.4 Å². The molecule has 0 aliphatic rings. The van der Waals surface area contributed by atoms with Crippen LogP contribution in [-0.2, 0) is 0 Å². The van der Waals surface area contributed by atoms with Crippen molar-refractivity contribution < 1.29 is 4.42 Å². The van der Waals surface area contributed by atoms with Gasteiger partial charge in [0.25, 0.3) is 0 Å². The minimum atomic E-state index is 0.339. The maximum Gasteiger partial charge on any atom is 0.177 e. The molecular formula is C19H10N4OS2. The summed E-state index contributed by atoms with van der Waals surface area (Å²) in [6.07, 6.45) is 5.32. The minimum absolute atomic E-state index is 0.339. The van der Waals surface area contributed by atoms with Crippen molar-refractivity contribution in [3.63, 3.8) is 0 Å². The largest absolute Gasteiger partial charge is 0.452 e. The summed E-state index contributed by atoms with van der Waals surface area (Å²) in [5.74, 6) is 1.07. The molecule has 0 fully saturated rings. The summed E-state index contributed by atoms with van der Waals surface area (Å²) in [6, 6.07) is 7.99. The van der Waals surface area contributed by atoms with Gasteiger partial charge in [0.1, 0.15) is 11.8 Å². The summed E-state index contributed by atoms with van der Waals surface area (Å²) in [7, 11) is 0. The summed E-state index contributed by atoms with van der Waals surface area (Å²) < 4.78 is 7.18. The zero-order chi connectivity index (χ0) is 17.7. The molecule has 2 N–H and O–H groups in total. The fourth-order valence-corrected chi connectivity index (χ4v) is 4.82. The number of pyridine rings is 2. The van der Waals surface area contributed by atoms with Crippen LogP contribution in [0.5, 0.6) is 0 Å². The Morgan fingerprint density at radius 3 is 2.92 bits per heavy atom. The van der Waals surface area contributed by atoms with Crippen LogP contribution in [0, 0.1) is 11.3 Å². The van der Waals surface area contributed by atoms with Gasteiger partial charge < -0.3 is 10.2 Å². The third-order valence-corrected chi connectivity index (χ3v) is 6.14. The fraction of sp³-hybridized carbons (Fsp3) is 0. The van der Waals surface area contributed by atoms with E-state index in [1.54, 1.807) is 23.7 Å². The van der Waals surface area contributed by atoms with Crippen molar-refractivity contribution in [3.8, 4) is 27.8 Å². The van der Waals surface area contributed by atoms with E-state index in [2.05, 4.69) is 21.4 Å². The molecule has 5 aromatic heterocycles. The van der Waals surface area contributed by atoms with Gasteiger partial charge in [-0.05, 0) is 23.6 Å². The van der Waals surface area contributed by atoms with Crippen LogP contribution in [0.2, 0.25) is 0 Å². The van der Waals surface area contributed by atoms with Crippen LogP contribution in [0.4, 0.5) is 5.82 Å². The maximum atomic E-state index is 9.35. The summed E-state index contributed by atoms with van der Waals surface area (Å²) in [4.78, 5) is 9.31. The Morgan fingerprint density at radius 1 is 1.12 bits per heavy atom. The molecule has 5 rings (SSSR count). The van der Waals surface area contributed by atoms with E-state index < -0.39 is 0 Å². The highest BCUT2D eigenvalue weighted by Gasteiger charge is 2.18. The molecule has 0 atom stereocenters. The Kier molecular flexibility index (Phi) is 3.28. The average molecular weight is 374 g/mol. The number of rotatable bonds is 2. The van der Waals surface area contributed by atoms with E-state index in [1.807, 2.05) is 29.8 Å². The molecular weight excluding hydrogens is 364 g/mol. The van der Waals surface area contributed by atoms with Crippen LogP contribution in [-0.4, -0.2) is 9.97 Å². The first-order chi connectivity index (χ1) is 12.8. The Morgan fingerprint density at radius 2 is 2.04 bits per heavy atom. The van der Waals surface area contributed by atoms with Crippen LogP contribution in [0.15, 0.2) is 52.0 Å². The number of anilines is 1. The number of nitrogens with two attached hydrogens (primary N) is 1. The number of hydrogen-bond donors (Lipinski definition) is 1. The van der Waals surface area contributed by atoms with E-state index in [0.717, 1.165) is 37.2 Å². The lowest BCUT2D eigenvalue weighted by atomic mass is 10.1. The highest BCUT2D eigenvalue weighted by atomic mass is 32.1. The number of aromatic nitrogens is 2. The van der Waals surface area contributed by atoms with E-state index in [9.17, 15) is 5.26 Å². The van der Waals surface area contributed by atoms with E-state index >= 15 is 0 Å². The molecule has 0 bridgehead atoms. The van der Waals surface area contributed by atoms with Crippen LogP contribution < -0.4 is 5.73 Å². The van der Waals surface area contributed by atoms with Gasteiger partial charge in [0.2, 0.25) is 0 Å². The number of nitrogens with zero attached hydrogens (tertiary/aromatic N) is 3. The van der Waals surface area contributed by atoms with Crippen molar-refractivity contribution in [1.82, 2.24) is 9.97 Å². The Labute approximate surface area is 156 Å². The summed E-state index contributed by atoms with van der Waals surface area (Å²) >= 11 is 3.13. The Hall–Kier alpha value is -3.21. The van der Waals surface area contributed by atoms with Crippen molar-refractivity contribution in [1.29, 1.82) is 5.26 Å². The minimum Gasteiger partial charge on any atom is -0.452 e. The molecule has 0 unspecified atom stereocenters. The van der Waals surface area contributed by atoms with Crippen molar-refractivity contribution >= 4 is 49.5 Å². The fourth-order valence-electron chi connectivity index (χ4n) is 3.04. The molecule has 0 aromatic carbocycles. The first-order valence-electron chi connectivity index (χ1n) is 7.74. The summed E-state index contributed by atoms with van der Waals surface area (Å²) in [5, 5.41) is 15.3. The molecule has 5 nitrogen and oxygen atoms in total. The molecule has 7 heteroatoms. The first kappa shape index (κ1) is 15.1. The monoisotopic (exact) mass is 374 g/mol. The second kappa shape index (κ2) is 5.66. The van der Waals surface area contributed by atoms with E-state index in [1.165, 1.54) is 11.3 Å². The SMILES string of the molecule is N#Cc1ccsc1-c1cnc(N)c2oc(-c3csc4cnccc34)cc12. The van der Waals surface area contributed by atoms with Crippen molar-refractivity contribution in [2.75, 3.05) is 5.73 Å². The molecule has 0 aliphatic heterocycles. The molecule has 0 saturated carbocycles. The van der Waals surface area contributed by atoms with Crippen LogP contribution in [0.25, 0.3) is 42.8 Å².